The second-order valence-corrected chi connectivity index (χ2v) is 7.96. The molecule has 0 aromatic heterocycles. The second-order valence-electron chi connectivity index (χ2n) is 7.96. The van der Waals surface area contributed by atoms with Crippen LogP contribution in [0.1, 0.15) is 44.7 Å². The number of hydrogen-bond acceptors (Lipinski definition) is 3. The van der Waals surface area contributed by atoms with Gasteiger partial charge in [-0.05, 0) is 57.7 Å². The zero-order valence-electron chi connectivity index (χ0n) is 16.3. The van der Waals surface area contributed by atoms with Crippen molar-refractivity contribution in [2.24, 2.45) is 5.92 Å². The number of likely N-dealkylation sites (tertiary alicyclic amines) is 1. The largest absolute Gasteiger partial charge is 0.493 e. The van der Waals surface area contributed by atoms with Gasteiger partial charge in [-0.15, -0.1) is 0 Å². The van der Waals surface area contributed by atoms with Gasteiger partial charge in [0, 0.05) is 13.1 Å². The van der Waals surface area contributed by atoms with Crippen molar-refractivity contribution in [2.45, 2.75) is 51.6 Å². The summed E-state index contributed by atoms with van der Waals surface area (Å²) in [6.07, 6.45) is -9.28. The molecule has 0 unspecified atom stereocenters. The maximum atomic E-state index is 12.9. The van der Waals surface area contributed by atoms with Gasteiger partial charge in [0.25, 0.3) is 0 Å². The Bertz CT molecular complexity index is 684. The summed E-state index contributed by atoms with van der Waals surface area (Å²) in [5, 5.41) is 0. The van der Waals surface area contributed by atoms with Crippen LogP contribution in [0.2, 0.25) is 0 Å². The average Bonchev–Trinajstić information content (AvgIpc) is 2.57. The van der Waals surface area contributed by atoms with Crippen LogP contribution in [0.5, 0.6) is 5.75 Å². The Morgan fingerprint density at radius 2 is 1.45 bits per heavy atom. The van der Waals surface area contributed by atoms with Crippen molar-refractivity contribution in [3.63, 3.8) is 0 Å². The number of amides is 1. The van der Waals surface area contributed by atoms with E-state index in [1.807, 2.05) is 0 Å². The van der Waals surface area contributed by atoms with Crippen LogP contribution in [-0.4, -0.2) is 36.3 Å². The molecule has 4 nitrogen and oxygen atoms in total. The minimum absolute atomic E-state index is 0.0409. The first-order valence-corrected chi connectivity index (χ1v) is 9.05. The molecule has 0 radical (unpaired) electrons. The molecule has 2 rings (SSSR count). The van der Waals surface area contributed by atoms with Gasteiger partial charge >= 0.3 is 18.4 Å². The van der Waals surface area contributed by atoms with Gasteiger partial charge in [-0.25, -0.2) is 4.79 Å². The fourth-order valence-corrected chi connectivity index (χ4v) is 2.83. The van der Waals surface area contributed by atoms with E-state index < -0.39 is 40.9 Å². The number of ether oxygens (including phenoxy) is 2. The number of alkyl halides is 6. The van der Waals surface area contributed by atoms with Crippen molar-refractivity contribution in [1.82, 2.24) is 4.90 Å². The van der Waals surface area contributed by atoms with Crippen LogP contribution < -0.4 is 4.74 Å². The first kappa shape index (κ1) is 23.2. The lowest BCUT2D eigenvalue weighted by atomic mass is 9.98. The number of halogens is 6. The van der Waals surface area contributed by atoms with Gasteiger partial charge in [0.15, 0.2) is 0 Å². The van der Waals surface area contributed by atoms with E-state index >= 15 is 0 Å². The molecule has 0 bridgehead atoms. The monoisotopic (exact) mass is 427 g/mol. The van der Waals surface area contributed by atoms with Crippen LogP contribution in [0.3, 0.4) is 0 Å². The van der Waals surface area contributed by atoms with Crippen LogP contribution in [0.15, 0.2) is 18.2 Å². The zero-order chi connectivity index (χ0) is 22.0. The molecule has 164 valence electrons. The van der Waals surface area contributed by atoms with Crippen molar-refractivity contribution in [3.05, 3.63) is 29.3 Å². The van der Waals surface area contributed by atoms with E-state index in [0.717, 1.165) is 0 Å². The average molecular weight is 427 g/mol. The first-order chi connectivity index (χ1) is 13.1. The van der Waals surface area contributed by atoms with Crippen molar-refractivity contribution < 1.29 is 40.6 Å². The Morgan fingerprint density at radius 1 is 0.966 bits per heavy atom. The van der Waals surface area contributed by atoms with Gasteiger partial charge in [-0.2, -0.15) is 26.3 Å². The number of nitrogens with zero attached hydrogens (tertiary/aromatic N) is 1. The SMILES string of the molecule is CC(C)(C)OC(=O)N1CCC(COc2cc(C(F)(F)F)cc(C(F)(F)F)c2)CC1. The standard InChI is InChI=1S/C19H23F6NO3/c1-17(2,3)29-16(27)26-6-4-12(5-7-26)11-28-15-9-13(18(20,21)22)8-14(10-15)19(23,24)25/h8-10,12H,4-7,11H2,1-3H3. The molecule has 1 heterocycles. The normalized spacial score (nSPS) is 16.7. The van der Waals surface area contributed by atoms with Crippen LogP contribution in [0, 0.1) is 5.92 Å². The van der Waals surface area contributed by atoms with Gasteiger partial charge in [0.1, 0.15) is 11.4 Å². The molecule has 0 atom stereocenters. The summed E-state index contributed by atoms with van der Waals surface area (Å²) in [6.45, 7) is 5.95. The maximum Gasteiger partial charge on any atom is 0.416 e. The van der Waals surface area contributed by atoms with Gasteiger partial charge in [0.2, 0.25) is 0 Å². The molecule has 1 fully saturated rings. The molecule has 1 saturated heterocycles. The van der Waals surface area contributed by atoms with Crippen molar-refractivity contribution >= 4 is 6.09 Å². The summed E-state index contributed by atoms with van der Waals surface area (Å²) >= 11 is 0. The smallest absolute Gasteiger partial charge is 0.416 e. The summed E-state index contributed by atoms with van der Waals surface area (Å²) < 4.78 is 87.9. The third-order valence-electron chi connectivity index (χ3n) is 4.31. The molecule has 0 aliphatic carbocycles. The van der Waals surface area contributed by atoms with Gasteiger partial charge in [0.05, 0.1) is 17.7 Å². The quantitative estimate of drug-likeness (QED) is 0.577. The number of piperidine rings is 1. The molecule has 1 aliphatic heterocycles. The summed E-state index contributed by atoms with van der Waals surface area (Å²) in [7, 11) is 0. The van der Waals surface area contributed by atoms with Crippen LogP contribution in [0.25, 0.3) is 0 Å². The fourth-order valence-electron chi connectivity index (χ4n) is 2.83. The van der Waals surface area contributed by atoms with E-state index in [4.69, 9.17) is 9.47 Å². The highest BCUT2D eigenvalue weighted by Gasteiger charge is 2.37. The summed E-state index contributed by atoms with van der Waals surface area (Å²) in [4.78, 5) is 13.5. The molecule has 0 spiro atoms. The van der Waals surface area contributed by atoms with Crippen LogP contribution >= 0.6 is 0 Å². The van der Waals surface area contributed by atoms with E-state index in [9.17, 15) is 31.1 Å². The predicted octanol–water partition coefficient (Wildman–Crippen LogP) is 5.75. The van der Waals surface area contributed by atoms with Gasteiger partial charge in [-0.3, -0.25) is 0 Å². The Balaban J connectivity index is 1.98. The number of carbonyl (C=O) groups is 1. The fraction of sp³-hybridized carbons (Fsp3) is 0.632. The van der Waals surface area contributed by atoms with Crippen LogP contribution in [0.4, 0.5) is 31.1 Å². The highest BCUT2D eigenvalue weighted by molar-refractivity contribution is 5.68. The van der Waals surface area contributed by atoms with E-state index in [-0.39, 0.29) is 18.6 Å². The Labute approximate surface area is 164 Å². The molecule has 10 heteroatoms. The topological polar surface area (TPSA) is 38.8 Å². The van der Waals surface area contributed by atoms with Crippen molar-refractivity contribution in [2.75, 3.05) is 19.7 Å². The lowest BCUT2D eigenvalue weighted by molar-refractivity contribution is -0.143. The molecule has 1 amide bonds. The highest BCUT2D eigenvalue weighted by Crippen LogP contribution is 2.38. The Hall–Kier alpha value is -2.13. The molecule has 1 aromatic carbocycles. The molecule has 1 aromatic rings. The number of hydrogen-bond donors (Lipinski definition) is 0. The first-order valence-electron chi connectivity index (χ1n) is 9.05. The third kappa shape index (κ3) is 7.01. The predicted molar refractivity (Wildman–Crippen MR) is 92.5 cm³/mol. The minimum atomic E-state index is -4.92. The van der Waals surface area contributed by atoms with Gasteiger partial charge < -0.3 is 14.4 Å². The number of carbonyl (C=O) groups excluding carboxylic acids is 1. The zero-order valence-corrected chi connectivity index (χ0v) is 16.3. The van der Waals surface area contributed by atoms with Crippen molar-refractivity contribution in [3.8, 4) is 5.75 Å². The van der Waals surface area contributed by atoms with E-state index in [1.54, 1.807) is 20.8 Å². The van der Waals surface area contributed by atoms with E-state index in [0.29, 0.717) is 38.1 Å². The maximum absolute atomic E-state index is 12.9. The summed E-state index contributed by atoms with van der Waals surface area (Å²) in [5.41, 5.74) is -3.46. The number of rotatable bonds is 3. The molecular formula is C19H23F6NO3. The molecule has 0 N–H and O–H groups in total. The molecule has 0 saturated carbocycles. The van der Waals surface area contributed by atoms with E-state index in [1.165, 1.54) is 4.90 Å². The minimum Gasteiger partial charge on any atom is -0.493 e. The lowest BCUT2D eigenvalue weighted by Gasteiger charge is -2.33. The summed E-state index contributed by atoms with van der Waals surface area (Å²) in [5.74, 6) is -0.584. The third-order valence-corrected chi connectivity index (χ3v) is 4.31. The molecular weight excluding hydrogens is 404 g/mol. The van der Waals surface area contributed by atoms with E-state index in [2.05, 4.69) is 0 Å². The molecule has 1 aliphatic rings. The molecule has 29 heavy (non-hydrogen) atoms. The number of benzene rings is 1. The van der Waals surface area contributed by atoms with Crippen molar-refractivity contribution in [1.29, 1.82) is 0 Å². The Morgan fingerprint density at radius 3 is 1.86 bits per heavy atom. The Kier molecular flexibility index (Phi) is 6.64. The van der Waals surface area contributed by atoms with Gasteiger partial charge in [-0.1, -0.05) is 0 Å². The second kappa shape index (κ2) is 8.31. The van der Waals surface area contributed by atoms with Crippen LogP contribution in [-0.2, 0) is 17.1 Å². The lowest BCUT2D eigenvalue weighted by Crippen LogP contribution is -2.42. The highest BCUT2D eigenvalue weighted by atomic mass is 19.4. The summed E-state index contributed by atoms with van der Waals surface area (Å²) in [6, 6.07) is 1.18.